The first-order chi connectivity index (χ1) is 12.3. The number of rotatable bonds is 4. The van der Waals surface area contributed by atoms with Crippen molar-refractivity contribution in [2.75, 3.05) is 36.5 Å². The van der Waals surface area contributed by atoms with Gasteiger partial charge in [0.15, 0.2) is 0 Å². The molecule has 25 heavy (non-hydrogen) atoms. The summed E-state index contributed by atoms with van der Waals surface area (Å²) in [6.45, 7) is 3.73. The smallest absolute Gasteiger partial charge is 0.228 e. The summed E-state index contributed by atoms with van der Waals surface area (Å²) in [6, 6.07) is 15.9. The van der Waals surface area contributed by atoms with Crippen LogP contribution in [0.5, 0.6) is 0 Å². The lowest BCUT2D eigenvalue weighted by atomic mass is 10.2. The predicted octanol–water partition coefficient (Wildman–Crippen LogP) is 3.73. The predicted molar refractivity (Wildman–Crippen MR) is 101 cm³/mol. The maximum absolute atomic E-state index is 5.96. The number of hydrogen-bond acceptors (Lipinski definition) is 5. The fourth-order valence-corrected chi connectivity index (χ4v) is 3.02. The quantitative estimate of drug-likeness (QED) is 0.773. The number of fused-ring (bicyclic) bond motifs is 1. The van der Waals surface area contributed by atoms with Gasteiger partial charge in [0.05, 0.1) is 18.7 Å². The van der Waals surface area contributed by atoms with Crippen molar-refractivity contribution in [3.63, 3.8) is 0 Å². The third-order valence-corrected chi connectivity index (χ3v) is 4.51. The van der Waals surface area contributed by atoms with Crippen LogP contribution in [0.15, 0.2) is 48.5 Å². The SMILES string of the molecule is Clc1ccc(CNc2nc(N3CCOCC3)nc3ccccc23)cc1. The van der Waals surface area contributed by atoms with E-state index in [9.17, 15) is 0 Å². The number of anilines is 2. The molecule has 4 rings (SSSR count). The topological polar surface area (TPSA) is 50.3 Å². The summed E-state index contributed by atoms with van der Waals surface area (Å²) in [5.74, 6) is 1.60. The van der Waals surface area contributed by atoms with Crippen LogP contribution < -0.4 is 10.2 Å². The summed E-state index contributed by atoms with van der Waals surface area (Å²) >= 11 is 5.96. The number of para-hydroxylation sites is 1. The molecular weight excluding hydrogens is 336 g/mol. The highest BCUT2D eigenvalue weighted by atomic mass is 35.5. The Hall–Kier alpha value is -2.37. The fraction of sp³-hybridized carbons (Fsp3) is 0.263. The highest BCUT2D eigenvalue weighted by molar-refractivity contribution is 6.30. The van der Waals surface area contributed by atoms with Crippen LogP contribution in [0.25, 0.3) is 10.9 Å². The maximum atomic E-state index is 5.96. The molecule has 0 radical (unpaired) electrons. The van der Waals surface area contributed by atoms with Crippen molar-refractivity contribution in [1.29, 1.82) is 0 Å². The van der Waals surface area contributed by atoms with Crippen LogP contribution in [0.3, 0.4) is 0 Å². The van der Waals surface area contributed by atoms with Gasteiger partial charge < -0.3 is 15.0 Å². The molecular formula is C19H19ClN4O. The highest BCUT2D eigenvalue weighted by Crippen LogP contribution is 2.24. The Morgan fingerprint density at radius 1 is 1.00 bits per heavy atom. The van der Waals surface area contributed by atoms with E-state index in [4.69, 9.17) is 26.3 Å². The van der Waals surface area contributed by atoms with Crippen LogP contribution >= 0.6 is 11.6 Å². The van der Waals surface area contributed by atoms with Crippen molar-refractivity contribution in [2.24, 2.45) is 0 Å². The summed E-state index contributed by atoms with van der Waals surface area (Å²) in [7, 11) is 0. The molecule has 5 nitrogen and oxygen atoms in total. The van der Waals surface area contributed by atoms with Gasteiger partial charge >= 0.3 is 0 Å². The molecule has 0 amide bonds. The van der Waals surface area contributed by atoms with Gasteiger partial charge in [-0.1, -0.05) is 35.9 Å². The first-order valence-electron chi connectivity index (χ1n) is 8.37. The Bertz CT molecular complexity index is 863. The number of nitrogens with zero attached hydrogens (tertiary/aromatic N) is 3. The van der Waals surface area contributed by atoms with Crippen molar-refractivity contribution >= 4 is 34.3 Å². The van der Waals surface area contributed by atoms with Crippen molar-refractivity contribution < 1.29 is 4.74 Å². The van der Waals surface area contributed by atoms with E-state index in [2.05, 4.69) is 10.2 Å². The lowest BCUT2D eigenvalue weighted by Gasteiger charge is -2.27. The monoisotopic (exact) mass is 354 g/mol. The molecule has 1 fully saturated rings. The zero-order chi connectivity index (χ0) is 17.1. The average molecular weight is 355 g/mol. The van der Waals surface area contributed by atoms with Gasteiger partial charge in [0.2, 0.25) is 5.95 Å². The first-order valence-corrected chi connectivity index (χ1v) is 8.75. The summed E-state index contributed by atoms with van der Waals surface area (Å²) in [4.78, 5) is 11.7. The summed E-state index contributed by atoms with van der Waals surface area (Å²) in [6.07, 6.45) is 0. The van der Waals surface area contributed by atoms with Crippen LogP contribution in [0.1, 0.15) is 5.56 Å². The van der Waals surface area contributed by atoms with Crippen molar-refractivity contribution in [1.82, 2.24) is 9.97 Å². The Morgan fingerprint density at radius 3 is 2.56 bits per heavy atom. The number of morpholine rings is 1. The first kappa shape index (κ1) is 16.1. The molecule has 2 aromatic carbocycles. The minimum Gasteiger partial charge on any atom is -0.378 e. The van der Waals surface area contributed by atoms with E-state index < -0.39 is 0 Å². The second-order valence-corrected chi connectivity index (χ2v) is 6.41. The molecule has 6 heteroatoms. The summed E-state index contributed by atoms with van der Waals surface area (Å²) in [5, 5.41) is 5.21. The van der Waals surface area contributed by atoms with Crippen LogP contribution in [0.4, 0.5) is 11.8 Å². The zero-order valence-corrected chi connectivity index (χ0v) is 14.5. The van der Waals surface area contributed by atoms with Gasteiger partial charge in [-0.3, -0.25) is 0 Å². The van der Waals surface area contributed by atoms with E-state index in [1.165, 1.54) is 0 Å². The van der Waals surface area contributed by atoms with Crippen molar-refractivity contribution in [3.05, 3.63) is 59.1 Å². The van der Waals surface area contributed by atoms with Crippen LogP contribution in [0, 0.1) is 0 Å². The minimum absolute atomic E-state index is 0.681. The largest absolute Gasteiger partial charge is 0.378 e. The number of nitrogens with one attached hydrogen (secondary N) is 1. The van der Waals surface area contributed by atoms with Gasteiger partial charge in [0.25, 0.3) is 0 Å². The molecule has 0 saturated carbocycles. The molecule has 0 aliphatic carbocycles. The maximum Gasteiger partial charge on any atom is 0.228 e. The fourth-order valence-electron chi connectivity index (χ4n) is 2.89. The second-order valence-electron chi connectivity index (χ2n) is 5.97. The van der Waals surface area contributed by atoms with E-state index in [1.807, 2.05) is 48.5 Å². The molecule has 128 valence electrons. The van der Waals surface area contributed by atoms with E-state index in [0.29, 0.717) is 19.8 Å². The summed E-state index contributed by atoms with van der Waals surface area (Å²) in [5.41, 5.74) is 2.10. The molecule has 1 aromatic heterocycles. The van der Waals surface area contributed by atoms with Gasteiger partial charge in [0.1, 0.15) is 5.82 Å². The molecule has 1 saturated heterocycles. The lowest BCUT2D eigenvalue weighted by molar-refractivity contribution is 0.122. The molecule has 1 aliphatic rings. The molecule has 1 N–H and O–H groups in total. The van der Waals surface area contributed by atoms with Crippen molar-refractivity contribution in [3.8, 4) is 0 Å². The van der Waals surface area contributed by atoms with Crippen LogP contribution in [-0.4, -0.2) is 36.3 Å². The van der Waals surface area contributed by atoms with Crippen LogP contribution in [0.2, 0.25) is 5.02 Å². The molecule has 2 heterocycles. The van der Waals surface area contributed by atoms with Crippen molar-refractivity contribution in [2.45, 2.75) is 6.54 Å². The van der Waals surface area contributed by atoms with Crippen LogP contribution in [-0.2, 0) is 11.3 Å². The molecule has 3 aromatic rings. The number of benzene rings is 2. The number of aromatic nitrogens is 2. The Kier molecular flexibility index (Phi) is 4.68. The van der Waals surface area contributed by atoms with Gasteiger partial charge in [-0.25, -0.2) is 4.98 Å². The molecule has 0 unspecified atom stereocenters. The Morgan fingerprint density at radius 2 is 1.76 bits per heavy atom. The average Bonchev–Trinajstić information content (AvgIpc) is 2.68. The normalized spacial score (nSPS) is 14.7. The minimum atomic E-state index is 0.681. The molecule has 0 atom stereocenters. The third kappa shape index (κ3) is 3.67. The standard InChI is InChI=1S/C19H19ClN4O/c20-15-7-5-14(6-8-15)13-21-18-16-3-1-2-4-17(16)22-19(23-18)24-9-11-25-12-10-24/h1-8H,9-13H2,(H,21,22,23). The molecule has 0 bridgehead atoms. The van der Waals surface area contributed by atoms with E-state index in [1.54, 1.807) is 0 Å². The Balaban J connectivity index is 1.64. The third-order valence-electron chi connectivity index (χ3n) is 4.26. The van der Waals surface area contributed by atoms with Gasteiger partial charge in [0, 0.05) is 30.0 Å². The van der Waals surface area contributed by atoms with Gasteiger partial charge in [-0.2, -0.15) is 4.98 Å². The van der Waals surface area contributed by atoms with E-state index in [-0.39, 0.29) is 0 Å². The van der Waals surface area contributed by atoms with E-state index >= 15 is 0 Å². The lowest BCUT2D eigenvalue weighted by Crippen LogP contribution is -2.37. The zero-order valence-electron chi connectivity index (χ0n) is 13.8. The van der Waals surface area contributed by atoms with Gasteiger partial charge in [-0.05, 0) is 29.8 Å². The highest BCUT2D eigenvalue weighted by Gasteiger charge is 2.16. The summed E-state index contributed by atoms with van der Waals surface area (Å²) < 4.78 is 5.43. The Labute approximate surface area is 151 Å². The number of hydrogen-bond donors (Lipinski definition) is 1. The van der Waals surface area contributed by atoms with Gasteiger partial charge in [-0.15, -0.1) is 0 Å². The van der Waals surface area contributed by atoms with E-state index in [0.717, 1.165) is 46.3 Å². The molecule has 0 spiro atoms. The molecule has 1 aliphatic heterocycles. The number of ether oxygens (including phenoxy) is 1. The second kappa shape index (κ2) is 7.25. The number of halogens is 1.